The number of nitrogens with zero attached hydrogens (tertiary/aromatic N) is 1. The molecule has 0 aliphatic carbocycles. The summed E-state index contributed by atoms with van der Waals surface area (Å²) in [5, 5.41) is 4.66. The van der Waals surface area contributed by atoms with Gasteiger partial charge in [0.05, 0.1) is 5.69 Å². The summed E-state index contributed by atoms with van der Waals surface area (Å²) in [4.78, 5) is 40.3. The highest BCUT2D eigenvalue weighted by molar-refractivity contribution is 6.39. The van der Waals surface area contributed by atoms with Gasteiger partial charge in [0.25, 0.3) is 11.8 Å². The van der Waals surface area contributed by atoms with E-state index in [0.717, 1.165) is 32.4 Å². The number of ether oxygens (including phenoxy) is 1. The molecule has 1 aliphatic heterocycles. The third-order valence-corrected chi connectivity index (χ3v) is 6.49. The first-order valence-electron chi connectivity index (χ1n) is 11.7. The van der Waals surface area contributed by atoms with Crippen LogP contribution in [0.2, 0.25) is 5.02 Å². The topological polar surface area (TPSA) is 75.7 Å². The first-order valence-corrected chi connectivity index (χ1v) is 12.1. The largest absolute Gasteiger partial charge is 0.488 e. The molecule has 4 aromatic rings. The number of hydrogen-bond acceptors (Lipinski definition) is 4. The molecule has 0 aromatic heterocycles. The summed E-state index contributed by atoms with van der Waals surface area (Å²) in [7, 11) is 0. The second kappa shape index (κ2) is 9.91. The van der Waals surface area contributed by atoms with E-state index in [1.807, 2.05) is 74.5 Å². The van der Waals surface area contributed by atoms with Crippen LogP contribution < -0.4 is 15.0 Å². The molecular weight excluding hydrogens is 488 g/mol. The number of amides is 4. The van der Waals surface area contributed by atoms with Gasteiger partial charge in [0.2, 0.25) is 0 Å². The van der Waals surface area contributed by atoms with Crippen LogP contribution in [0, 0.1) is 13.8 Å². The average Bonchev–Trinajstić information content (AvgIpc) is 2.88. The number of urea groups is 1. The third-order valence-electron chi connectivity index (χ3n) is 6.23. The van der Waals surface area contributed by atoms with E-state index in [-0.39, 0.29) is 12.2 Å². The number of nitrogens with one attached hydrogen (secondary N) is 1. The van der Waals surface area contributed by atoms with Gasteiger partial charge in [-0.05, 0) is 71.7 Å². The third kappa shape index (κ3) is 4.84. The number of hydrogen-bond donors (Lipinski definition) is 1. The second-order valence-electron chi connectivity index (χ2n) is 8.86. The van der Waals surface area contributed by atoms with E-state index in [4.69, 9.17) is 16.3 Å². The summed E-state index contributed by atoms with van der Waals surface area (Å²) in [6.45, 7) is 3.94. The summed E-state index contributed by atoms with van der Waals surface area (Å²) in [5.74, 6) is -0.955. The molecule has 4 aromatic carbocycles. The zero-order valence-corrected chi connectivity index (χ0v) is 21.0. The van der Waals surface area contributed by atoms with E-state index >= 15 is 0 Å². The van der Waals surface area contributed by atoms with Gasteiger partial charge in [-0.2, -0.15) is 0 Å². The fourth-order valence-corrected chi connectivity index (χ4v) is 4.40. The van der Waals surface area contributed by atoms with E-state index in [1.54, 1.807) is 18.2 Å². The molecule has 1 saturated heterocycles. The van der Waals surface area contributed by atoms with Crippen molar-refractivity contribution in [1.29, 1.82) is 0 Å². The van der Waals surface area contributed by atoms with Crippen LogP contribution in [0.15, 0.2) is 84.4 Å². The van der Waals surface area contributed by atoms with Gasteiger partial charge in [-0.3, -0.25) is 14.9 Å². The number of halogens is 1. The van der Waals surface area contributed by atoms with E-state index in [0.29, 0.717) is 22.0 Å². The predicted octanol–water partition coefficient (Wildman–Crippen LogP) is 6.36. The number of fused-ring (bicyclic) bond motifs is 1. The van der Waals surface area contributed by atoms with Crippen LogP contribution in [0.4, 0.5) is 10.5 Å². The van der Waals surface area contributed by atoms with Crippen molar-refractivity contribution in [2.75, 3.05) is 4.90 Å². The van der Waals surface area contributed by atoms with Gasteiger partial charge in [0, 0.05) is 10.6 Å². The Kier molecular flexibility index (Phi) is 6.51. The second-order valence-corrected chi connectivity index (χ2v) is 9.30. The van der Waals surface area contributed by atoms with Crippen molar-refractivity contribution >= 4 is 52.0 Å². The Bertz CT molecular complexity index is 1590. The van der Waals surface area contributed by atoms with Crippen LogP contribution in [0.5, 0.6) is 5.75 Å². The zero-order chi connectivity index (χ0) is 26.1. The first kappa shape index (κ1) is 24.3. The molecular formula is C30H23ClN2O4. The summed E-state index contributed by atoms with van der Waals surface area (Å²) < 4.78 is 6.14. The van der Waals surface area contributed by atoms with Gasteiger partial charge in [0.15, 0.2) is 0 Å². The Hall–Kier alpha value is -4.42. The smallest absolute Gasteiger partial charge is 0.335 e. The molecule has 1 fully saturated rings. The minimum atomic E-state index is -0.780. The molecule has 0 spiro atoms. The summed E-state index contributed by atoms with van der Waals surface area (Å²) in [6.07, 6.45) is 1.50. The van der Waals surface area contributed by atoms with Gasteiger partial charge >= 0.3 is 6.03 Å². The molecule has 184 valence electrons. The Morgan fingerprint density at radius 1 is 0.919 bits per heavy atom. The predicted molar refractivity (Wildman–Crippen MR) is 145 cm³/mol. The van der Waals surface area contributed by atoms with Gasteiger partial charge in [-0.25, -0.2) is 9.69 Å². The van der Waals surface area contributed by atoms with Gasteiger partial charge in [0.1, 0.15) is 17.9 Å². The van der Waals surface area contributed by atoms with E-state index in [1.165, 1.54) is 6.08 Å². The zero-order valence-electron chi connectivity index (χ0n) is 20.2. The highest BCUT2D eigenvalue weighted by Gasteiger charge is 2.37. The Labute approximate surface area is 219 Å². The van der Waals surface area contributed by atoms with E-state index < -0.39 is 17.8 Å². The lowest BCUT2D eigenvalue weighted by Gasteiger charge is -2.28. The number of benzene rings is 4. The van der Waals surface area contributed by atoms with E-state index in [2.05, 4.69) is 5.32 Å². The number of rotatable bonds is 5. The SMILES string of the molecule is Cc1ccc(C)c(N2C(=O)NC(=O)/C(=C\c3c(OCc4ccc(Cl)cc4)ccc4ccccc34)C2=O)c1. The Balaban J connectivity index is 1.59. The fourth-order valence-electron chi connectivity index (χ4n) is 4.27. The molecule has 1 heterocycles. The van der Waals surface area contributed by atoms with Crippen molar-refractivity contribution in [2.45, 2.75) is 20.5 Å². The monoisotopic (exact) mass is 510 g/mol. The molecule has 4 amide bonds. The lowest BCUT2D eigenvalue weighted by molar-refractivity contribution is -0.122. The maximum Gasteiger partial charge on any atom is 0.335 e. The standard InChI is InChI=1S/C30H23ClN2O4/c1-18-7-8-19(2)26(15-18)33-29(35)25(28(34)32-30(33)36)16-24-23-6-4-3-5-21(23)11-14-27(24)37-17-20-9-12-22(31)13-10-20/h3-16H,17H2,1-2H3,(H,32,34,36)/b25-16+. The summed E-state index contributed by atoms with van der Waals surface area (Å²) >= 11 is 5.99. The molecule has 37 heavy (non-hydrogen) atoms. The lowest BCUT2D eigenvalue weighted by Crippen LogP contribution is -2.54. The Morgan fingerprint density at radius 3 is 2.46 bits per heavy atom. The van der Waals surface area contributed by atoms with Crippen LogP contribution in [0.3, 0.4) is 0 Å². The molecule has 5 rings (SSSR count). The minimum absolute atomic E-state index is 0.159. The fraction of sp³-hybridized carbons (Fsp3) is 0.100. The molecule has 0 atom stereocenters. The normalized spacial score (nSPS) is 14.8. The number of imide groups is 2. The van der Waals surface area contributed by atoms with Crippen molar-refractivity contribution < 1.29 is 19.1 Å². The Morgan fingerprint density at radius 2 is 1.68 bits per heavy atom. The van der Waals surface area contributed by atoms with Crippen LogP contribution in [-0.4, -0.2) is 17.8 Å². The lowest BCUT2D eigenvalue weighted by atomic mass is 9.99. The van der Waals surface area contributed by atoms with Crippen LogP contribution in [-0.2, 0) is 16.2 Å². The number of carbonyl (C=O) groups is 3. The maximum absolute atomic E-state index is 13.6. The highest BCUT2D eigenvalue weighted by atomic mass is 35.5. The molecule has 0 unspecified atom stereocenters. The van der Waals surface area contributed by atoms with Crippen molar-refractivity contribution in [1.82, 2.24) is 5.32 Å². The van der Waals surface area contributed by atoms with Gasteiger partial charge in [-0.1, -0.05) is 66.2 Å². The average molecular weight is 511 g/mol. The van der Waals surface area contributed by atoms with E-state index in [9.17, 15) is 14.4 Å². The van der Waals surface area contributed by atoms with Crippen molar-refractivity contribution in [3.8, 4) is 5.75 Å². The molecule has 1 N–H and O–H groups in total. The number of carbonyl (C=O) groups excluding carboxylic acids is 3. The molecule has 1 aliphatic rings. The molecule has 0 radical (unpaired) electrons. The van der Waals surface area contributed by atoms with Crippen molar-refractivity contribution in [3.63, 3.8) is 0 Å². The highest BCUT2D eigenvalue weighted by Crippen LogP contribution is 2.33. The number of aryl methyl sites for hydroxylation is 2. The van der Waals surface area contributed by atoms with Gasteiger partial charge < -0.3 is 4.74 Å². The first-order chi connectivity index (χ1) is 17.8. The molecule has 6 nitrogen and oxygen atoms in total. The summed E-state index contributed by atoms with van der Waals surface area (Å²) in [6, 6.07) is 23.4. The molecule has 0 saturated carbocycles. The van der Waals surface area contributed by atoms with Crippen LogP contribution >= 0.6 is 11.6 Å². The van der Waals surface area contributed by atoms with Crippen LogP contribution in [0.1, 0.15) is 22.3 Å². The summed E-state index contributed by atoms with van der Waals surface area (Å²) in [5.41, 5.74) is 3.37. The van der Waals surface area contributed by atoms with Crippen molar-refractivity contribution in [3.05, 3.63) is 112 Å². The van der Waals surface area contributed by atoms with Crippen LogP contribution in [0.25, 0.3) is 16.8 Å². The van der Waals surface area contributed by atoms with Gasteiger partial charge in [-0.15, -0.1) is 0 Å². The molecule has 7 heteroatoms. The minimum Gasteiger partial charge on any atom is -0.488 e. The maximum atomic E-state index is 13.6. The number of anilines is 1. The number of barbiturate groups is 1. The molecule has 0 bridgehead atoms. The quantitative estimate of drug-likeness (QED) is 0.250. The van der Waals surface area contributed by atoms with Crippen molar-refractivity contribution in [2.24, 2.45) is 0 Å².